The van der Waals surface area contributed by atoms with Gasteiger partial charge in [-0.15, -0.1) is 0 Å². The van der Waals surface area contributed by atoms with Crippen LogP contribution in [0.15, 0.2) is 12.1 Å². The van der Waals surface area contributed by atoms with Crippen molar-refractivity contribution in [1.82, 2.24) is 30.2 Å². The van der Waals surface area contributed by atoms with Crippen molar-refractivity contribution in [3.05, 3.63) is 34.9 Å². The summed E-state index contributed by atoms with van der Waals surface area (Å²) in [5, 5.41) is 14.3. The Kier molecular flexibility index (Phi) is 4.13. The summed E-state index contributed by atoms with van der Waals surface area (Å²) in [5.74, 6) is -0.315. The van der Waals surface area contributed by atoms with Gasteiger partial charge in [-0.25, -0.2) is 0 Å². The minimum atomic E-state index is -0.169. The van der Waals surface area contributed by atoms with Crippen molar-refractivity contribution >= 4 is 11.8 Å². The smallest absolute Gasteiger partial charge is 0.271 e. The van der Waals surface area contributed by atoms with Gasteiger partial charge in [-0.3, -0.25) is 19.0 Å². The summed E-state index contributed by atoms with van der Waals surface area (Å²) in [7, 11) is 1.75. The summed E-state index contributed by atoms with van der Waals surface area (Å²) in [6.45, 7) is 6.24. The van der Waals surface area contributed by atoms with E-state index in [1.54, 1.807) is 28.5 Å². The van der Waals surface area contributed by atoms with E-state index in [-0.39, 0.29) is 23.9 Å². The molecule has 8 heteroatoms. The van der Waals surface area contributed by atoms with Gasteiger partial charge in [-0.1, -0.05) is 0 Å². The molecule has 0 bridgehead atoms. The maximum atomic E-state index is 12.3. The first-order chi connectivity index (χ1) is 11.3. The number of carbonyl (C=O) groups excluding carboxylic acids is 2. The molecule has 2 aromatic rings. The van der Waals surface area contributed by atoms with Crippen LogP contribution >= 0.6 is 0 Å². The number of nitrogens with one attached hydrogen (secondary N) is 2. The highest BCUT2D eigenvalue weighted by atomic mass is 16.2. The van der Waals surface area contributed by atoms with Gasteiger partial charge in [0.25, 0.3) is 11.8 Å². The summed E-state index contributed by atoms with van der Waals surface area (Å²) < 4.78 is 3.36. The second-order valence-electron chi connectivity index (χ2n) is 6.50. The van der Waals surface area contributed by atoms with Crippen molar-refractivity contribution in [3.63, 3.8) is 0 Å². The summed E-state index contributed by atoms with van der Waals surface area (Å²) in [4.78, 5) is 24.3. The van der Waals surface area contributed by atoms with E-state index in [1.165, 1.54) is 0 Å². The molecule has 1 atom stereocenters. The molecule has 1 unspecified atom stereocenters. The number of rotatable bonds is 4. The molecule has 128 valence electrons. The van der Waals surface area contributed by atoms with E-state index in [0.717, 1.165) is 11.4 Å². The monoisotopic (exact) mass is 330 g/mol. The van der Waals surface area contributed by atoms with Gasteiger partial charge < -0.3 is 10.6 Å². The quantitative estimate of drug-likeness (QED) is 0.849. The number of aromatic nitrogens is 4. The molecule has 0 saturated heterocycles. The number of amides is 2. The summed E-state index contributed by atoms with van der Waals surface area (Å²) in [5.41, 5.74) is 2.72. The molecule has 1 aliphatic rings. The molecule has 3 heterocycles. The van der Waals surface area contributed by atoms with Crippen molar-refractivity contribution in [3.8, 4) is 0 Å². The molecule has 1 aliphatic heterocycles. The fourth-order valence-corrected chi connectivity index (χ4v) is 2.93. The standard InChI is InChI=1S/C16H22N6O2/c1-9(2)17-15(23)13-7-12-6-11(8-22(12)20-13)18-16(24)14-5-10(3)19-21(14)4/h5,7,9,11H,6,8H2,1-4H3,(H,17,23)(H,18,24). The number of hydrogen-bond donors (Lipinski definition) is 2. The van der Waals surface area contributed by atoms with Crippen LogP contribution in [0.2, 0.25) is 0 Å². The second-order valence-corrected chi connectivity index (χ2v) is 6.50. The van der Waals surface area contributed by atoms with Gasteiger partial charge in [-0.05, 0) is 32.9 Å². The van der Waals surface area contributed by atoms with Crippen LogP contribution in [0.4, 0.5) is 0 Å². The lowest BCUT2D eigenvalue weighted by Gasteiger charge is -2.12. The number of nitrogens with zero attached hydrogens (tertiary/aromatic N) is 4. The van der Waals surface area contributed by atoms with Crippen LogP contribution in [0, 0.1) is 6.92 Å². The molecule has 24 heavy (non-hydrogen) atoms. The predicted molar refractivity (Wildman–Crippen MR) is 87.7 cm³/mol. The van der Waals surface area contributed by atoms with E-state index in [2.05, 4.69) is 20.8 Å². The summed E-state index contributed by atoms with van der Waals surface area (Å²) >= 11 is 0. The number of aryl methyl sites for hydroxylation is 2. The van der Waals surface area contributed by atoms with E-state index in [9.17, 15) is 9.59 Å². The van der Waals surface area contributed by atoms with Crippen molar-refractivity contribution < 1.29 is 9.59 Å². The van der Waals surface area contributed by atoms with Crippen molar-refractivity contribution in [2.24, 2.45) is 7.05 Å². The molecule has 0 radical (unpaired) electrons. The fraction of sp³-hybridized carbons (Fsp3) is 0.500. The second kappa shape index (κ2) is 6.10. The predicted octanol–water partition coefficient (Wildman–Crippen LogP) is 0.418. The Morgan fingerprint density at radius 3 is 2.58 bits per heavy atom. The van der Waals surface area contributed by atoms with Crippen LogP contribution in [-0.4, -0.2) is 43.5 Å². The van der Waals surface area contributed by atoms with Crippen LogP contribution in [0.5, 0.6) is 0 Å². The highest BCUT2D eigenvalue weighted by molar-refractivity contribution is 5.93. The Morgan fingerprint density at radius 1 is 1.25 bits per heavy atom. The molecule has 0 saturated carbocycles. The molecule has 2 amide bonds. The van der Waals surface area contributed by atoms with E-state index >= 15 is 0 Å². The van der Waals surface area contributed by atoms with Gasteiger partial charge in [0, 0.05) is 25.2 Å². The molecule has 0 aromatic carbocycles. The topological polar surface area (TPSA) is 93.8 Å². The zero-order valence-electron chi connectivity index (χ0n) is 14.3. The lowest BCUT2D eigenvalue weighted by molar-refractivity contribution is 0.0918. The largest absolute Gasteiger partial charge is 0.348 e. The molecular weight excluding hydrogens is 308 g/mol. The fourth-order valence-electron chi connectivity index (χ4n) is 2.93. The van der Waals surface area contributed by atoms with E-state index in [1.807, 2.05) is 20.8 Å². The Bertz CT molecular complexity index is 765. The highest BCUT2D eigenvalue weighted by Gasteiger charge is 2.27. The third-order valence-corrected chi connectivity index (χ3v) is 3.93. The van der Waals surface area contributed by atoms with Crippen molar-refractivity contribution in [1.29, 1.82) is 0 Å². The molecule has 0 fully saturated rings. The third-order valence-electron chi connectivity index (χ3n) is 3.93. The SMILES string of the molecule is Cc1cc(C(=O)NC2Cc3cc(C(=O)NC(C)C)nn3C2)n(C)n1. The lowest BCUT2D eigenvalue weighted by atomic mass is 10.2. The molecule has 2 aromatic heterocycles. The highest BCUT2D eigenvalue weighted by Crippen LogP contribution is 2.17. The van der Waals surface area contributed by atoms with E-state index < -0.39 is 0 Å². The van der Waals surface area contributed by atoms with Crippen LogP contribution in [0.3, 0.4) is 0 Å². The first kappa shape index (κ1) is 16.2. The van der Waals surface area contributed by atoms with Crippen LogP contribution in [0.1, 0.15) is 46.2 Å². The van der Waals surface area contributed by atoms with Gasteiger partial charge in [0.1, 0.15) is 11.4 Å². The van der Waals surface area contributed by atoms with Gasteiger partial charge >= 0.3 is 0 Å². The van der Waals surface area contributed by atoms with Gasteiger partial charge in [-0.2, -0.15) is 10.2 Å². The Morgan fingerprint density at radius 2 is 2.00 bits per heavy atom. The minimum Gasteiger partial charge on any atom is -0.348 e. The third kappa shape index (κ3) is 3.17. The van der Waals surface area contributed by atoms with Gasteiger partial charge in [0.2, 0.25) is 0 Å². The van der Waals surface area contributed by atoms with Crippen LogP contribution < -0.4 is 10.6 Å². The average Bonchev–Trinajstić information content (AvgIpc) is 3.10. The zero-order chi connectivity index (χ0) is 17.4. The minimum absolute atomic E-state index is 0.0302. The molecule has 0 aliphatic carbocycles. The number of carbonyl (C=O) groups is 2. The average molecular weight is 330 g/mol. The van der Waals surface area contributed by atoms with E-state index in [4.69, 9.17) is 0 Å². The van der Waals surface area contributed by atoms with Crippen molar-refractivity contribution in [2.75, 3.05) is 0 Å². The lowest BCUT2D eigenvalue weighted by Crippen LogP contribution is -2.37. The first-order valence-electron chi connectivity index (χ1n) is 8.02. The molecule has 2 N–H and O–H groups in total. The molecule has 3 rings (SSSR count). The first-order valence-corrected chi connectivity index (χ1v) is 8.02. The molecule has 8 nitrogen and oxygen atoms in total. The Balaban J connectivity index is 1.63. The summed E-state index contributed by atoms with van der Waals surface area (Å²) in [6, 6.07) is 3.59. The Hall–Kier alpha value is -2.64. The number of hydrogen-bond acceptors (Lipinski definition) is 4. The zero-order valence-corrected chi connectivity index (χ0v) is 14.3. The maximum absolute atomic E-state index is 12.3. The Labute approximate surface area is 140 Å². The molecular formula is C16H22N6O2. The molecule has 0 spiro atoms. The summed E-state index contributed by atoms with van der Waals surface area (Å²) in [6.07, 6.45) is 0.657. The van der Waals surface area contributed by atoms with Crippen LogP contribution in [-0.2, 0) is 20.0 Å². The van der Waals surface area contributed by atoms with E-state index in [0.29, 0.717) is 24.4 Å². The van der Waals surface area contributed by atoms with Gasteiger partial charge in [0.15, 0.2) is 0 Å². The maximum Gasteiger partial charge on any atom is 0.271 e. The van der Waals surface area contributed by atoms with Gasteiger partial charge in [0.05, 0.1) is 18.3 Å². The van der Waals surface area contributed by atoms with Crippen LogP contribution in [0.25, 0.3) is 0 Å². The number of fused-ring (bicyclic) bond motifs is 1. The normalized spacial score (nSPS) is 16.3. The van der Waals surface area contributed by atoms with Crippen molar-refractivity contribution in [2.45, 2.75) is 45.8 Å².